The van der Waals surface area contributed by atoms with E-state index in [4.69, 9.17) is 5.73 Å². The quantitative estimate of drug-likeness (QED) is 0.636. The van der Waals surface area contributed by atoms with E-state index in [1.807, 2.05) is 6.92 Å². The largest absolute Gasteiger partial charge is 0.469 e. The van der Waals surface area contributed by atoms with E-state index in [-0.39, 0.29) is 24.5 Å². The van der Waals surface area contributed by atoms with E-state index in [0.29, 0.717) is 32.4 Å². The van der Waals surface area contributed by atoms with Crippen LogP contribution in [0.3, 0.4) is 0 Å². The predicted octanol–water partition coefficient (Wildman–Crippen LogP) is -0.167. The Bertz CT molecular complexity index is 405. The van der Waals surface area contributed by atoms with Gasteiger partial charge in [0.1, 0.15) is 0 Å². The maximum Gasteiger partial charge on any atom is 0.308 e. The molecule has 0 spiro atoms. The van der Waals surface area contributed by atoms with Gasteiger partial charge < -0.3 is 10.5 Å². The first kappa shape index (κ1) is 17.4. The van der Waals surface area contributed by atoms with E-state index < -0.39 is 10.2 Å². The van der Waals surface area contributed by atoms with Crippen LogP contribution >= 0.6 is 0 Å². The van der Waals surface area contributed by atoms with E-state index in [1.165, 1.54) is 11.4 Å². The summed E-state index contributed by atoms with van der Waals surface area (Å²) in [5, 5.41) is 0. The van der Waals surface area contributed by atoms with Crippen molar-refractivity contribution in [2.24, 2.45) is 11.7 Å². The van der Waals surface area contributed by atoms with Crippen molar-refractivity contribution >= 4 is 16.2 Å². The third-order valence-electron chi connectivity index (χ3n) is 3.57. The van der Waals surface area contributed by atoms with Crippen molar-refractivity contribution in [1.82, 2.24) is 9.03 Å². The average molecular weight is 307 g/mol. The number of nitrogens with one attached hydrogen (secondary N) is 1. The monoisotopic (exact) mass is 307 g/mol. The molecule has 0 radical (unpaired) electrons. The molecule has 1 saturated heterocycles. The molecule has 8 heteroatoms. The van der Waals surface area contributed by atoms with Crippen LogP contribution in [0.15, 0.2) is 0 Å². The molecule has 0 aliphatic carbocycles. The van der Waals surface area contributed by atoms with Gasteiger partial charge in [-0.15, -0.1) is 0 Å². The summed E-state index contributed by atoms with van der Waals surface area (Å²) in [4.78, 5) is 11.4. The zero-order valence-corrected chi connectivity index (χ0v) is 13.0. The van der Waals surface area contributed by atoms with Crippen LogP contribution in [0.25, 0.3) is 0 Å². The molecule has 3 N–H and O–H groups in total. The highest BCUT2D eigenvalue weighted by atomic mass is 32.2. The van der Waals surface area contributed by atoms with Crippen LogP contribution in [0.2, 0.25) is 0 Å². The summed E-state index contributed by atoms with van der Waals surface area (Å²) < 4.78 is 33.1. The first-order valence-corrected chi connectivity index (χ1v) is 8.43. The van der Waals surface area contributed by atoms with E-state index in [0.717, 1.165) is 6.42 Å². The maximum atomic E-state index is 12.2. The molecule has 1 fully saturated rings. The highest BCUT2D eigenvalue weighted by Crippen LogP contribution is 2.20. The van der Waals surface area contributed by atoms with Crippen molar-refractivity contribution < 1.29 is 17.9 Å². The van der Waals surface area contributed by atoms with Crippen LogP contribution < -0.4 is 10.5 Å². The number of nitrogens with zero attached hydrogens (tertiary/aromatic N) is 1. The molecular formula is C12H25N3O4S. The molecule has 1 unspecified atom stereocenters. The number of esters is 1. The molecule has 0 aromatic carbocycles. The Morgan fingerprint density at radius 3 is 2.50 bits per heavy atom. The molecule has 0 saturated carbocycles. The summed E-state index contributed by atoms with van der Waals surface area (Å²) in [6.45, 7) is 2.93. The third kappa shape index (κ3) is 4.69. The lowest BCUT2D eigenvalue weighted by atomic mass is 9.99. The number of carbonyl (C=O) groups is 1. The Hall–Kier alpha value is -0.700. The zero-order chi connectivity index (χ0) is 15.2. The average Bonchev–Trinajstić information content (AvgIpc) is 2.45. The molecule has 0 amide bonds. The molecule has 0 aromatic heterocycles. The fourth-order valence-electron chi connectivity index (χ4n) is 2.36. The highest BCUT2D eigenvalue weighted by Gasteiger charge is 2.32. The molecule has 0 aromatic rings. The number of hydrogen-bond acceptors (Lipinski definition) is 5. The van der Waals surface area contributed by atoms with Gasteiger partial charge in [0, 0.05) is 25.7 Å². The first-order chi connectivity index (χ1) is 9.44. The van der Waals surface area contributed by atoms with Crippen LogP contribution in [0.1, 0.15) is 32.6 Å². The molecule has 0 bridgehead atoms. The van der Waals surface area contributed by atoms with Crippen molar-refractivity contribution in [3.8, 4) is 0 Å². The third-order valence-corrected chi connectivity index (χ3v) is 5.24. The summed E-state index contributed by atoms with van der Waals surface area (Å²) >= 11 is 0. The smallest absolute Gasteiger partial charge is 0.308 e. The van der Waals surface area contributed by atoms with Gasteiger partial charge in [-0.1, -0.05) is 13.3 Å². The minimum absolute atomic E-state index is 0.201. The molecule has 1 aliphatic heterocycles. The number of methoxy groups -OCH3 is 1. The molecule has 118 valence electrons. The molecule has 1 heterocycles. The Morgan fingerprint density at radius 1 is 1.45 bits per heavy atom. The van der Waals surface area contributed by atoms with Gasteiger partial charge in [0.2, 0.25) is 0 Å². The van der Waals surface area contributed by atoms with Crippen LogP contribution in [-0.2, 0) is 19.7 Å². The van der Waals surface area contributed by atoms with Gasteiger partial charge in [-0.2, -0.15) is 17.4 Å². The van der Waals surface area contributed by atoms with Gasteiger partial charge in [0.05, 0.1) is 13.0 Å². The zero-order valence-electron chi connectivity index (χ0n) is 12.2. The molecule has 1 rings (SSSR count). The van der Waals surface area contributed by atoms with Crippen molar-refractivity contribution in [3.63, 3.8) is 0 Å². The fourth-order valence-corrected chi connectivity index (χ4v) is 3.83. The Morgan fingerprint density at radius 2 is 2.05 bits per heavy atom. The highest BCUT2D eigenvalue weighted by molar-refractivity contribution is 7.87. The minimum atomic E-state index is -3.52. The summed E-state index contributed by atoms with van der Waals surface area (Å²) in [7, 11) is -2.17. The van der Waals surface area contributed by atoms with Crippen LogP contribution in [-0.4, -0.2) is 51.5 Å². The molecular weight excluding hydrogens is 282 g/mol. The first-order valence-electron chi connectivity index (χ1n) is 6.99. The van der Waals surface area contributed by atoms with Crippen LogP contribution in [0, 0.1) is 5.92 Å². The standard InChI is InChI=1S/C12H25N3O4S/c1-3-4-11(9-13)14-20(17,18)15-7-5-10(6-8-15)12(16)19-2/h10-11,14H,3-9,13H2,1-2H3. The van der Waals surface area contributed by atoms with Gasteiger partial charge in [0.15, 0.2) is 0 Å². The van der Waals surface area contributed by atoms with Gasteiger partial charge in [0.25, 0.3) is 10.2 Å². The number of piperidine rings is 1. The number of hydrogen-bond donors (Lipinski definition) is 2. The van der Waals surface area contributed by atoms with Crippen LogP contribution in [0.4, 0.5) is 0 Å². The second-order valence-corrected chi connectivity index (χ2v) is 6.74. The van der Waals surface area contributed by atoms with E-state index in [2.05, 4.69) is 9.46 Å². The number of ether oxygens (including phenoxy) is 1. The Kier molecular flexibility index (Phi) is 6.87. The molecule has 1 aliphatic rings. The molecule has 1 atom stereocenters. The summed E-state index contributed by atoms with van der Waals surface area (Å²) in [6.07, 6.45) is 2.58. The predicted molar refractivity (Wildman–Crippen MR) is 76.1 cm³/mol. The van der Waals surface area contributed by atoms with Crippen LogP contribution in [0.5, 0.6) is 0 Å². The van der Waals surface area contributed by atoms with Gasteiger partial charge in [-0.05, 0) is 19.3 Å². The lowest BCUT2D eigenvalue weighted by molar-refractivity contribution is -0.146. The number of nitrogens with two attached hydrogens (primary N) is 1. The van der Waals surface area contributed by atoms with Gasteiger partial charge in [-0.25, -0.2) is 0 Å². The topological polar surface area (TPSA) is 102 Å². The van der Waals surface area contributed by atoms with Crippen molar-refractivity contribution in [3.05, 3.63) is 0 Å². The summed E-state index contributed by atoms with van der Waals surface area (Å²) in [6, 6.07) is -0.233. The van der Waals surface area contributed by atoms with E-state index in [1.54, 1.807) is 0 Å². The van der Waals surface area contributed by atoms with E-state index in [9.17, 15) is 13.2 Å². The maximum absolute atomic E-state index is 12.2. The summed E-state index contributed by atoms with van der Waals surface area (Å²) in [5.41, 5.74) is 5.57. The second-order valence-electron chi connectivity index (χ2n) is 5.04. The fraction of sp³-hybridized carbons (Fsp3) is 0.917. The normalized spacial score (nSPS) is 19.8. The van der Waals surface area contributed by atoms with Crippen molar-refractivity contribution in [2.75, 3.05) is 26.7 Å². The SMILES string of the molecule is CCCC(CN)NS(=O)(=O)N1CCC(C(=O)OC)CC1. The van der Waals surface area contributed by atoms with Gasteiger partial charge in [-0.3, -0.25) is 4.79 Å². The Balaban J connectivity index is 2.56. The minimum Gasteiger partial charge on any atom is -0.469 e. The lowest BCUT2D eigenvalue weighted by Crippen LogP contribution is -2.50. The number of carbonyl (C=O) groups excluding carboxylic acids is 1. The van der Waals surface area contributed by atoms with Crippen molar-refractivity contribution in [1.29, 1.82) is 0 Å². The number of rotatable bonds is 7. The molecule has 20 heavy (non-hydrogen) atoms. The second kappa shape index (κ2) is 7.92. The lowest BCUT2D eigenvalue weighted by Gasteiger charge is -2.31. The van der Waals surface area contributed by atoms with E-state index >= 15 is 0 Å². The van der Waals surface area contributed by atoms with Crippen molar-refractivity contribution in [2.45, 2.75) is 38.6 Å². The summed E-state index contributed by atoms with van der Waals surface area (Å²) in [5.74, 6) is -0.465. The molecule has 7 nitrogen and oxygen atoms in total. The Labute approximate surface area is 121 Å². The van der Waals surface area contributed by atoms with Gasteiger partial charge >= 0.3 is 5.97 Å².